The first kappa shape index (κ1) is 6.36. The van der Waals surface area contributed by atoms with Crippen LogP contribution in [0.3, 0.4) is 0 Å². The van der Waals surface area contributed by atoms with Gasteiger partial charge in [-0.15, -0.1) is 0 Å². The molecule has 0 aliphatic rings. The second-order valence-electron chi connectivity index (χ2n) is 1.96. The maximum atomic E-state index is 8.43. The molecule has 0 unspecified atom stereocenters. The number of rotatable bonds is 3. The van der Waals surface area contributed by atoms with Gasteiger partial charge in [-0.2, -0.15) is 0 Å². The average molecular weight is 126 g/mol. The molecule has 0 aliphatic heterocycles. The first-order valence-electron chi connectivity index (χ1n) is 3.05. The van der Waals surface area contributed by atoms with Gasteiger partial charge in [-0.05, 0) is 24.5 Å². The van der Waals surface area contributed by atoms with E-state index in [0.29, 0.717) is 0 Å². The molecule has 0 saturated carbocycles. The van der Waals surface area contributed by atoms with Gasteiger partial charge in [0, 0.05) is 6.61 Å². The Kier molecular flexibility index (Phi) is 2.33. The van der Waals surface area contributed by atoms with E-state index in [1.54, 1.807) is 12.5 Å². The summed E-state index contributed by atoms with van der Waals surface area (Å²) in [6.07, 6.45) is 5.08. The highest BCUT2D eigenvalue weighted by molar-refractivity contribution is 5.04. The van der Waals surface area contributed by atoms with Crippen molar-refractivity contribution in [2.24, 2.45) is 0 Å². The van der Waals surface area contributed by atoms with Crippen LogP contribution >= 0.6 is 0 Å². The van der Waals surface area contributed by atoms with E-state index in [4.69, 9.17) is 9.52 Å². The molecule has 0 atom stereocenters. The summed E-state index contributed by atoms with van der Waals surface area (Å²) in [5.74, 6) is 0. The SMILES string of the molecule is OCCCc1ccoc1. The molecule has 0 spiro atoms. The van der Waals surface area contributed by atoms with Crippen molar-refractivity contribution >= 4 is 0 Å². The summed E-state index contributed by atoms with van der Waals surface area (Å²) < 4.78 is 4.83. The van der Waals surface area contributed by atoms with Crippen LogP contribution in [0.25, 0.3) is 0 Å². The molecule has 1 N–H and O–H groups in total. The maximum Gasteiger partial charge on any atom is 0.0934 e. The molecule has 9 heavy (non-hydrogen) atoms. The number of aliphatic hydroxyl groups is 1. The van der Waals surface area contributed by atoms with Crippen LogP contribution in [0, 0.1) is 0 Å². The molecule has 2 nitrogen and oxygen atoms in total. The molecular formula is C7H10O2. The average Bonchev–Trinajstić information content (AvgIpc) is 2.34. The Morgan fingerprint density at radius 2 is 2.44 bits per heavy atom. The van der Waals surface area contributed by atoms with E-state index in [2.05, 4.69) is 0 Å². The van der Waals surface area contributed by atoms with Gasteiger partial charge < -0.3 is 9.52 Å². The number of aryl methyl sites for hydroxylation is 1. The van der Waals surface area contributed by atoms with E-state index < -0.39 is 0 Å². The lowest BCUT2D eigenvalue weighted by Gasteiger charge is -1.89. The second kappa shape index (κ2) is 3.30. The summed E-state index contributed by atoms with van der Waals surface area (Å²) in [6, 6.07) is 1.91. The van der Waals surface area contributed by atoms with Crippen LogP contribution in [-0.2, 0) is 6.42 Å². The van der Waals surface area contributed by atoms with Crippen molar-refractivity contribution in [2.45, 2.75) is 12.8 Å². The summed E-state index contributed by atoms with van der Waals surface area (Å²) in [4.78, 5) is 0. The Morgan fingerprint density at radius 3 is 3.00 bits per heavy atom. The highest BCUT2D eigenvalue weighted by atomic mass is 16.3. The Labute approximate surface area is 54.1 Å². The van der Waals surface area contributed by atoms with E-state index in [0.717, 1.165) is 18.4 Å². The minimum absolute atomic E-state index is 0.255. The van der Waals surface area contributed by atoms with Crippen molar-refractivity contribution in [3.05, 3.63) is 24.2 Å². The molecular weight excluding hydrogens is 116 g/mol. The van der Waals surface area contributed by atoms with Gasteiger partial charge in [0.2, 0.25) is 0 Å². The van der Waals surface area contributed by atoms with E-state index in [1.165, 1.54) is 0 Å². The summed E-state index contributed by atoms with van der Waals surface area (Å²) in [7, 11) is 0. The highest BCUT2D eigenvalue weighted by Gasteiger charge is 1.90. The fourth-order valence-corrected chi connectivity index (χ4v) is 0.718. The van der Waals surface area contributed by atoms with E-state index >= 15 is 0 Å². The Balaban J connectivity index is 2.30. The van der Waals surface area contributed by atoms with Crippen molar-refractivity contribution in [3.63, 3.8) is 0 Å². The van der Waals surface area contributed by atoms with Crippen LogP contribution in [0.1, 0.15) is 12.0 Å². The molecule has 0 radical (unpaired) electrons. The molecule has 0 aromatic carbocycles. The van der Waals surface area contributed by atoms with Crippen LogP contribution in [0.4, 0.5) is 0 Å². The minimum Gasteiger partial charge on any atom is -0.472 e. The lowest BCUT2D eigenvalue weighted by molar-refractivity contribution is 0.288. The van der Waals surface area contributed by atoms with Gasteiger partial charge >= 0.3 is 0 Å². The first-order valence-corrected chi connectivity index (χ1v) is 3.05. The summed E-state index contributed by atoms with van der Waals surface area (Å²) in [6.45, 7) is 0.255. The molecule has 50 valence electrons. The zero-order valence-corrected chi connectivity index (χ0v) is 5.21. The molecule has 0 amide bonds. The van der Waals surface area contributed by atoms with Crippen LogP contribution in [-0.4, -0.2) is 11.7 Å². The van der Waals surface area contributed by atoms with Crippen molar-refractivity contribution < 1.29 is 9.52 Å². The molecule has 0 fully saturated rings. The van der Waals surface area contributed by atoms with Gasteiger partial charge in [-0.1, -0.05) is 0 Å². The molecule has 0 saturated heterocycles. The monoisotopic (exact) mass is 126 g/mol. The fraction of sp³-hybridized carbons (Fsp3) is 0.429. The lowest BCUT2D eigenvalue weighted by Crippen LogP contribution is -1.85. The Morgan fingerprint density at radius 1 is 1.56 bits per heavy atom. The van der Waals surface area contributed by atoms with Crippen LogP contribution < -0.4 is 0 Å². The minimum atomic E-state index is 0.255. The number of hydrogen-bond acceptors (Lipinski definition) is 2. The van der Waals surface area contributed by atoms with Crippen LogP contribution in [0.2, 0.25) is 0 Å². The standard InChI is InChI=1S/C7H10O2/c8-4-1-2-7-3-5-9-6-7/h3,5-6,8H,1-2,4H2. The van der Waals surface area contributed by atoms with E-state index in [1.807, 2.05) is 6.07 Å². The van der Waals surface area contributed by atoms with Crippen molar-refractivity contribution in [1.82, 2.24) is 0 Å². The number of hydrogen-bond donors (Lipinski definition) is 1. The number of aliphatic hydroxyl groups excluding tert-OH is 1. The van der Waals surface area contributed by atoms with Gasteiger partial charge in [0.15, 0.2) is 0 Å². The van der Waals surface area contributed by atoms with Crippen molar-refractivity contribution in [3.8, 4) is 0 Å². The highest BCUT2D eigenvalue weighted by Crippen LogP contribution is 2.02. The summed E-state index contributed by atoms with van der Waals surface area (Å²) in [5, 5.41) is 8.43. The summed E-state index contributed by atoms with van der Waals surface area (Å²) >= 11 is 0. The molecule has 2 heteroatoms. The third-order valence-electron chi connectivity index (χ3n) is 1.20. The van der Waals surface area contributed by atoms with E-state index in [9.17, 15) is 0 Å². The smallest absolute Gasteiger partial charge is 0.0934 e. The molecule has 1 heterocycles. The lowest BCUT2D eigenvalue weighted by atomic mass is 10.2. The first-order chi connectivity index (χ1) is 4.43. The molecule has 1 rings (SSSR count). The summed E-state index contributed by atoms with van der Waals surface area (Å²) in [5.41, 5.74) is 1.16. The van der Waals surface area contributed by atoms with Crippen molar-refractivity contribution in [1.29, 1.82) is 0 Å². The van der Waals surface area contributed by atoms with Gasteiger partial charge in [0.25, 0.3) is 0 Å². The maximum absolute atomic E-state index is 8.43. The second-order valence-corrected chi connectivity index (χ2v) is 1.96. The van der Waals surface area contributed by atoms with Gasteiger partial charge in [-0.25, -0.2) is 0 Å². The van der Waals surface area contributed by atoms with Crippen molar-refractivity contribution in [2.75, 3.05) is 6.61 Å². The Hall–Kier alpha value is -0.760. The third-order valence-corrected chi connectivity index (χ3v) is 1.20. The zero-order chi connectivity index (χ0) is 6.53. The predicted octanol–water partition coefficient (Wildman–Crippen LogP) is 1.20. The molecule has 0 bridgehead atoms. The van der Waals surface area contributed by atoms with Gasteiger partial charge in [0.1, 0.15) is 0 Å². The third kappa shape index (κ3) is 1.90. The topological polar surface area (TPSA) is 33.4 Å². The van der Waals surface area contributed by atoms with Gasteiger partial charge in [0.05, 0.1) is 12.5 Å². The van der Waals surface area contributed by atoms with Crippen LogP contribution in [0.5, 0.6) is 0 Å². The van der Waals surface area contributed by atoms with Gasteiger partial charge in [-0.3, -0.25) is 0 Å². The fourth-order valence-electron chi connectivity index (χ4n) is 0.718. The largest absolute Gasteiger partial charge is 0.472 e. The quantitative estimate of drug-likeness (QED) is 0.660. The molecule has 1 aromatic rings. The zero-order valence-electron chi connectivity index (χ0n) is 5.21. The molecule has 1 aromatic heterocycles. The van der Waals surface area contributed by atoms with Crippen LogP contribution in [0.15, 0.2) is 23.0 Å². The molecule has 0 aliphatic carbocycles. The van der Waals surface area contributed by atoms with E-state index in [-0.39, 0.29) is 6.61 Å². The normalized spacial score (nSPS) is 9.89. The Bertz CT molecular complexity index is 144. The number of furan rings is 1. The predicted molar refractivity (Wildman–Crippen MR) is 34.1 cm³/mol.